The second-order valence-electron chi connectivity index (χ2n) is 7.63. The molecule has 1 saturated heterocycles. The summed E-state index contributed by atoms with van der Waals surface area (Å²) in [6.45, 7) is 1.60. The van der Waals surface area contributed by atoms with Crippen LogP contribution >= 0.6 is 34.8 Å². The molecule has 1 atom stereocenters. The Morgan fingerprint density at radius 2 is 1.55 bits per heavy atom. The van der Waals surface area contributed by atoms with E-state index in [-0.39, 0.29) is 16.5 Å². The van der Waals surface area contributed by atoms with Crippen molar-refractivity contribution in [3.8, 4) is 23.0 Å². The largest absolute Gasteiger partial charge is 0.503 e. The molecule has 166 valence electrons. The number of alkyl halides is 1. The van der Waals surface area contributed by atoms with Gasteiger partial charge in [0.25, 0.3) is 0 Å². The number of methoxy groups -OCH3 is 3. The highest BCUT2D eigenvalue weighted by Gasteiger charge is 2.27. The van der Waals surface area contributed by atoms with Crippen molar-refractivity contribution < 1.29 is 19.3 Å². The Kier molecular flexibility index (Phi) is 6.50. The molecule has 0 aromatic heterocycles. The molecule has 3 aromatic carbocycles. The molecule has 1 aliphatic rings. The van der Waals surface area contributed by atoms with Crippen LogP contribution < -0.4 is 14.2 Å². The van der Waals surface area contributed by atoms with Gasteiger partial charge in [0.1, 0.15) is 0 Å². The quantitative estimate of drug-likeness (QED) is 0.332. The maximum absolute atomic E-state index is 10.6. The first-order valence-corrected chi connectivity index (χ1v) is 11.3. The molecular formula is C23H24Cl3NO4. The van der Waals surface area contributed by atoms with Gasteiger partial charge in [0.15, 0.2) is 23.0 Å². The number of fused-ring (bicyclic) bond motifs is 3. The molecule has 0 amide bonds. The van der Waals surface area contributed by atoms with E-state index < -0.39 is 0 Å². The van der Waals surface area contributed by atoms with Crippen LogP contribution in [-0.2, 0) is 6.54 Å². The van der Waals surface area contributed by atoms with Crippen molar-refractivity contribution >= 4 is 56.3 Å². The van der Waals surface area contributed by atoms with Crippen LogP contribution in [0.2, 0.25) is 10.0 Å². The van der Waals surface area contributed by atoms with Crippen molar-refractivity contribution in [2.75, 3.05) is 33.8 Å². The summed E-state index contributed by atoms with van der Waals surface area (Å²) in [5.74, 6) is 1.88. The van der Waals surface area contributed by atoms with Gasteiger partial charge in [-0.1, -0.05) is 23.2 Å². The van der Waals surface area contributed by atoms with E-state index in [4.69, 9.17) is 49.0 Å². The predicted molar refractivity (Wildman–Crippen MR) is 127 cm³/mol. The average Bonchev–Trinajstić information content (AvgIpc) is 3.24. The van der Waals surface area contributed by atoms with Gasteiger partial charge in [-0.3, -0.25) is 4.90 Å². The molecule has 31 heavy (non-hydrogen) atoms. The standard InChI is InChI=1S/C23H24Cl3NO4/c1-29-17-7-13-14(8-18(17)30-2)20-15(9-19(31-3)23(28)22(20)26)21(25)16(13)11-27-6-4-5-12(27)10-24/h7-9,12,28H,4-6,10-11H2,1-3H3. The number of aromatic hydroxyl groups is 1. The maximum atomic E-state index is 10.6. The second kappa shape index (κ2) is 8.99. The minimum absolute atomic E-state index is 0.127. The van der Waals surface area contributed by atoms with Crippen molar-refractivity contribution in [3.05, 3.63) is 33.8 Å². The summed E-state index contributed by atoms with van der Waals surface area (Å²) in [7, 11) is 4.66. The third kappa shape index (κ3) is 3.72. The van der Waals surface area contributed by atoms with E-state index in [1.807, 2.05) is 12.1 Å². The lowest BCUT2D eigenvalue weighted by molar-refractivity contribution is 0.264. The molecule has 0 aliphatic carbocycles. The molecule has 0 saturated carbocycles. The molecule has 0 bridgehead atoms. The number of benzene rings is 3. The van der Waals surface area contributed by atoms with Gasteiger partial charge < -0.3 is 19.3 Å². The summed E-state index contributed by atoms with van der Waals surface area (Å²) >= 11 is 19.8. The van der Waals surface area contributed by atoms with Crippen LogP contribution in [-0.4, -0.2) is 49.8 Å². The monoisotopic (exact) mass is 483 g/mol. The minimum atomic E-state index is -0.127. The van der Waals surface area contributed by atoms with Gasteiger partial charge in [0, 0.05) is 29.2 Å². The lowest BCUT2D eigenvalue weighted by atomic mass is 9.95. The number of likely N-dealkylation sites (tertiary alicyclic amines) is 1. The summed E-state index contributed by atoms with van der Waals surface area (Å²) in [6.07, 6.45) is 2.17. The van der Waals surface area contributed by atoms with Crippen LogP contribution in [0.4, 0.5) is 0 Å². The van der Waals surface area contributed by atoms with Crippen molar-refractivity contribution in [1.29, 1.82) is 0 Å². The third-order valence-electron chi connectivity index (χ3n) is 6.08. The van der Waals surface area contributed by atoms with E-state index in [9.17, 15) is 5.11 Å². The first kappa shape index (κ1) is 22.4. The van der Waals surface area contributed by atoms with Crippen molar-refractivity contribution in [1.82, 2.24) is 4.90 Å². The SMILES string of the molecule is COc1cc2c(CN3CCCC3CCl)c(Cl)c3cc(OC)c(O)c(Cl)c3c2cc1OC. The van der Waals surface area contributed by atoms with Crippen LogP contribution in [0.25, 0.3) is 21.5 Å². The zero-order valence-corrected chi connectivity index (χ0v) is 19.9. The van der Waals surface area contributed by atoms with Crippen molar-refractivity contribution in [2.45, 2.75) is 25.4 Å². The number of halogens is 3. The summed E-state index contributed by atoms with van der Waals surface area (Å²) in [5.41, 5.74) is 0.950. The zero-order valence-electron chi connectivity index (χ0n) is 17.6. The fourth-order valence-electron chi connectivity index (χ4n) is 4.46. The number of rotatable bonds is 6. The molecule has 0 radical (unpaired) electrons. The molecule has 1 heterocycles. The highest BCUT2D eigenvalue weighted by Crippen LogP contribution is 2.49. The van der Waals surface area contributed by atoms with E-state index in [1.54, 1.807) is 20.3 Å². The zero-order chi connectivity index (χ0) is 22.3. The molecule has 1 fully saturated rings. The molecule has 4 rings (SSSR count). The maximum Gasteiger partial charge on any atom is 0.177 e. The molecular weight excluding hydrogens is 461 g/mol. The van der Waals surface area contributed by atoms with E-state index in [2.05, 4.69) is 4.90 Å². The van der Waals surface area contributed by atoms with Crippen LogP contribution in [0.5, 0.6) is 23.0 Å². The molecule has 1 aliphatic heterocycles. The van der Waals surface area contributed by atoms with E-state index in [0.29, 0.717) is 45.8 Å². The summed E-state index contributed by atoms with van der Waals surface area (Å²) in [5, 5.41) is 14.4. The Labute approximate surface area is 196 Å². The Balaban J connectivity index is 2.09. The first-order valence-electron chi connectivity index (χ1n) is 10.00. The van der Waals surface area contributed by atoms with Crippen molar-refractivity contribution in [2.24, 2.45) is 0 Å². The van der Waals surface area contributed by atoms with Gasteiger partial charge in [0.2, 0.25) is 0 Å². The van der Waals surface area contributed by atoms with Gasteiger partial charge in [-0.05, 0) is 53.9 Å². The van der Waals surface area contributed by atoms with Crippen LogP contribution in [0.1, 0.15) is 18.4 Å². The van der Waals surface area contributed by atoms with Gasteiger partial charge in [-0.15, -0.1) is 11.6 Å². The fraction of sp³-hybridized carbons (Fsp3) is 0.391. The van der Waals surface area contributed by atoms with Crippen molar-refractivity contribution in [3.63, 3.8) is 0 Å². The van der Waals surface area contributed by atoms with Crippen LogP contribution in [0, 0.1) is 0 Å². The van der Waals surface area contributed by atoms with Crippen LogP contribution in [0.15, 0.2) is 18.2 Å². The van der Waals surface area contributed by atoms with E-state index >= 15 is 0 Å². The first-order chi connectivity index (χ1) is 14.9. The summed E-state index contributed by atoms with van der Waals surface area (Å²) in [6, 6.07) is 5.82. The Morgan fingerprint density at radius 1 is 0.935 bits per heavy atom. The number of phenolic OH excluding ortho intramolecular Hbond substituents is 1. The molecule has 5 nitrogen and oxygen atoms in total. The molecule has 8 heteroatoms. The molecule has 1 unspecified atom stereocenters. The summed E-state index contributed by atoms with van der Waals surface area (Å²) < 4.78 is 16.4. The van der Waals surface area contributed by atoms with Gasteiger partial charge in [-0.2, -0.15) is 0 Å². The van der Waals surface area contributed by atoms with E-state index in [1.165, 1.54) is 7.11 Å². The Bertz CT molecular complexity index is 1150. The summed E-state index contributed by atoms with van der Waals surface area (Å²) in [4.78, 5) is 2.36. The predicted octanol–water partition coefficient (Wildman–Crippen LogP) is 6.23. The topological polar surface area (TPSA) is 51.2 Å². The number of phenols is 1. The second-order valence-corrected chi connectivity index (χ2v) is 8.69. The Hall–Kier alpha value is -1.79. The minimum Gasteiger partial charge on any atom is -0.503 e. The number of ether oxygens (including phenoxy) is 3. The lowest BCUT2D eigenvalue weighted by Gasteiger charge is -2.25. The smallest absolute Gasteiger partial charge is 0.177 e. The van der Waals surface area contributed by atoms with Gasteiger partial charge >= 0.3 is 0 Å². The third-order valence-corrected chi connectivity index (χ3v) is 7.24. The highest BCUT2D eigenvalue weighted by molar-refractivity contribution is 6.44. The fourth-order valence-corrected chi connectivity index (χ4v) is 5.42. The Morgan fingerprint density at radius 3 is 2.16 bits per heavy atom. The molecule has 1 N–H and O–H groups in total. The highest BCUT2D eigenvalue weighted by atomic mass is 35.5. The number of hydrogen-bond donors (Lipinski definition) is 1. The molecule has 0 spiro atoms. The van der Waals surface area contributed by atoms with Gasteiger partial charge in [0.05, 0.1) is 31.4 Å². The van der Waals surface area contributed by atoms with Gasteiger partial charge in [-0.25, -0.2) is 0 Å². The van der Waals surface area contributed by atoms with Crippen LogP contribution in [0.3, 0.4) is 0 Å². The molecule has 3 aromatic rings. The number of hydrogen-bond acceptors (Lipinski definition) is 5. The van der Waals surface area contributed by atoms with E-state index in [0.717, 1.165) is 35.7 Å². The lowest BCUT2D eigenvalue weighted by Crippen LogP contribution is -2.30. The average molecular weight is 485 g/mol. The normalized spacial score (nSPS) is 16.9. The number of nitrogens with zero attached hydrogens (tertiary/aromatic N) is 1.